The number of aromatic nitrogens is 2. The number of hydrogen-bond acceptors (Lipinski definition) is 3. The molecule has 3 nitrogen and oxygen atoms in total. The number of aryl methyl sites for hydroxylation is 1. The molecular formula is C15H25N3. The molecule has 1 aromatic rings. The van der Waals surface area contributed by atoms with Crippen molar-refractivity contribution in [3.8, 4) is 0 Å². The van der Waals surface area contributed by atoms with Crippen molar-refractivity contribution in [2.75, 3.05) is 5.32 Å². The molecule has 1 aliphatic rings. The van der Waals surface area contributed by atoms with Crippen molar-refractivity contribution in [2.45, 2.75) is 64.8 Å². The molecule has 1 saturated carbocycles. The van der Waals surface area contributed by atoms with Crippen LogP contribution >= 0.6 is 0 Å². The van der Waals surface area contributed by atoms with Crippen molar-refractivity contribution in [3.05, 3.63) is 18.1 Å². The zero-order chi connectivity index (χ0) is 12.8. The second-order valence-electron chi connectivity index (χ2n) is 5.48. The quantitative estimate of drug-likeness (QED) is 0.859. The first-order valence-corrected chi connectivity index (χ1v) is 7.37. The van der Waals surface area contributed by atoms with Crippen LogP contribution in [-0.2, 0) is 6.42 Å². The fraction of sp³-hybridized carbons (Fsp3) is 0.733. The van der Waals surface area contributed by atoms with Gasteiger partial charge in [-0.3, -0.25) is 0 Å². The predicted molar refractivity (Wildman–Crippen MR) is 75.7 cm³/mol. The highest BCUT2D eigenvalue weighted by atomic mass is 15.0. The van der Waals surface area contributed by atoms with Gasteiger partial charge in [-0.15, -0.1) is 0 Å². The van der Waals surface area contributed by atoms with Crippen LogP contribution in [0.3, 0.4) is 0 Å². The minimum Gasteiger partial charge on any atom is -0.367 e. The van der Waals surface area contributed by atoms with Gasteiger partial charge in [-0.1, -0.05) is 32.6 Å². The molecule has 1 fully saturated rings. The van der Waals surface area contributed by atoms with E-state index in [0.29, 0.717) is 6.04 Å². The zero-order valence-electron chi connectivity index (χ0n) is 11.7. The normalized spacial score (nSPS) is 18.6. The summed E-state index contributed by atoms with van der Waals surface area (Å²) in [5, 5.41) is 3.56. The maximum absolute atomic E-state index is 4.33. The van der Waals surface area contributed by atoms with Crippen molar-refractivity contribution in [1.29, 1.82) is 0 Å². The summed E-state index contributed by atoms with van der Waals surface area (Å²) in [7, 11) is 0. The molecule has 100 valence electrons. The standard InChI is InChI=1S/C15H25N3/c1-3-7-14-10-15(17-11-16-14)18-12(2)13-8-5-4-6-9-13/h10-13H,3-9H2,1-2H3,(H,16,17,18). The van der Waals surface area contributed by atoms with Crippen LogP contribution in [-0.4, -0.2) is 16.0 Å². The smallest absolute Gasteiger partial charge is 0.129 e. The molecule has 1 unspecified atom stereocenters. The van der Waals surface area contributed by atoms with Crippen LogP contribution in [0.25, 0.3) is 0 Å². The number of nitrogens with one attached hydrogen (secondary N) is 1. The summed E-state index contributed by atoms with van der Waals surface area (Å²) in [6.07, 6.45) is 10.8. The maximum Gasteiger partial charge on any atom is 0.129 e. The lowest BCUT2D eigenvalue weighted by atomic mass is 9.84. The molecule has 0 amide bonds. The van der Waals surface area contributed by atoms with Gasteiger partial charge in [0.1, 0.15) is 12.1 Å². The minimum absolute atomic E-state index is 0.523. The van der Waals surface area contributed by atoms with Crippen LogP contribution in [0.5, 0.6) is 0 Å². The molecule has 1 N–H and O–H groups in total. The van der Waals surface area contributed by atoms with Crippen LogP contribution in [0, 0.1) is 5.92 Å². The largest absolute Gasteiger partial charge is 0.367 e. The lowest BCUT2D eigenvalue weighted by Gasteiger charge is -2.28. The molecule has 0 saturated heterocycles. The van der Waals surface area contributed by atoms with Gasteiger partial charge in [0.25, 0.3) is 0 Å². The van der Waals surface area contributed by atoms with E-state index in [2.05, 4.69) is 35.2 Å². The van der Waals surface area contributed by atoms with Crippen LogP contribution < -0.4 is 5.32 Å². The molecule has 0 spiro atoms. The molecule has 18 heavy (non-hydrogen) atoms. The second kappa shape index (κ2) is 6.72. The van der Waals surface area contributed by atoms with Crippen molar-refractivity contribution >= 4 is 5.82 Å². The van der Waals surface area contributed by atoms with Crippen molar-refractivity contribution in [2.24, 2.45) is 5.92 Å². The molecule has 0 aliphatic heterocycles. The second-order valence-corrected chi connectivity index (χ2v) is 5.48. The van der Waals surface area contributed by atoms with Gasteiger partial charge in [-0.2, -0.15) is 0 Å². The van der Waals surface area contributed by atoms with E-state index in [9.17, 15) is 0 Å². The lowest BCUT2D eigenvalue weighted by Crippen LogP contribution is -2.28. The fourth-order valence-corrected chi connectivity index (χ4v) is 2.85. The summed E-state index contributed by atoms with van der Waals surface area (Å²) < 4.78 is 0. The monoisotopic (exact) mass is 247 g/mol. The Balaban J connectivity index is 1.93. The van der Waals surface area contributed by atoms with Crippen LogP contribution in [0.1, 0.15) is 58.1 Å². The van der Waals surface area contributed by atoms with E-state index < -0.39 is 0 Å². The van der Waals surface area contributed by atoms with Crippen LogP contribution in [0.15, 0.2) is 12.4 Å². The molecule has 1 aromatic heterocycles. The van der Waals surface area contributed by atoms with E-state index in [1.54, 1.807) is 6.33 Å². The van der Waals surface area contributed by atoms with E-state index >= 15 is 0 Å². The van der Waals surface area contributed by atoms with E-state index in [4.69, 9.17) is 0 Å². The molecule has 1 aliphatic carbocycles. The molecule has 0 radical (unpaired) electrons. The summed E-state index contributed by atoms with van der Waals surface area (Å²) in [6.45, 7) is 4.47. The fourth-order valence-electron chi connectivity index (χ4n) is 2.85. The SMILES string of the molecule is CCCc1cc(NC(C)C2CCCCC2)ncn1. The average molecular weight is 247 g/mol. The predicted octanol–water partition coefficient (Wildman–Crippen LogP) is 3.81. The van der Waals surface area contributed by atoms with Crippen LogP contribution in [0.2, 0.25) is 0 Å². The molecule has 1 atom stereocenters. The third-order valence-corrected chi connectivity index (χ3v) is 3.96. The van der Waals surface area contributed by atoms with Crippen molar-refractivity contribution in [3.63, 3.8) is 0 Å². The summed E-state index contributed by atoms with van der Waals surface area (Å²) >= 11 is 0. The van der Waals surface area contributed by atoms with Crippen LogP contribution in [0.4, 0.5) is 5.82 Å². The Morgan fingerprint density at radius 3 is 2.78 bits per heavy atom. The van der Waals surface area contributed by atoms with Gasteiger partial charge in [0, 0.05) is 17.8 Å². The van der Waals surface area contributed by atoms with E-state index in [1.165, 1.54) is 32.1 Å². The Morgan fingerprint density at radius 2 is 2.06 bits per heavy atom. The highest BCUT2D eigenvalue weighted by Crippen LogP contribution is 2.27. The molecule has 0 bridgehead atoms. The molecule has 1 heterocycles. The topological polar surface area (TPSA) is 37.8 Å². The van der Waals surface area contributed by atoms with Gasteiger partial charge in [0.05, 0.1) is 0 Å². The molecule has 0 aromatic carbocycles. The van der Waals surface area contributed by atoms with E-state index in [-0.39, 0.29) is 0 Å². The van der Waals surface area contributed by atoms with E-state index in [1.807, 2.05) is 0 Å². The summed E-state index contributed by atoms with van der Waals surface area (Å²) in [5.74, 6) is 1.80. The summed E-state index contributed by atoms with van der Waals surface area (Å²) in [4.78, 5) is 8.63. The summed E-state index contributed by atoms with van der Waals surface area (Å²) in [6, 6.07) is 2.62. The highest BCUT2D eigenvalue weighted by molar-refractivity contribution is 5.36. The van der Waals surface area contributed by atoms with Gasteiger partial charge >= 0.3 is 0 Å². The van der Waals surface area contributed by atoms with Gasteiger partial charge in [0.2, 0.25) is 0 Å². The number of nitrogens with zero attached hydrogens (tertiary/aromatic N) is 2. The Bertz CT molecular complexity index is 359. The molecule has 3 heteroatoms. The van der Waals surface area contributed by atoms with Gasteiger partial charge < -0.3 is 5.32 Å². The molecule has 2 rings (SSSR count). The van der Waals surface area contributed by atoms with Gasteiger partial charge in [-0.05, 0) is 32.1 Å². The number of hydrogen-bond donors (Lipinski definition) is 1. The first kappa shape index (κ1) is 13.3. The summed E-state index contributed by atoms with van der Waals surface area (Å²) in [5.41, 5.74) is 1.14. The van der Waals surface area contributed by atoms with Gasteiger partial charge in [-0.25, -0.2) is 9.97 Å². The average Bonchev–Trinajstić information content (AvgIpc) is 2.40. The third-order valence-electron chi connectivity index (χ3n) is 3.96. The minimum atomic E-state index is 0.523. The Labute approximate surface area is 110 Å². The zero-order valence-corrected chi connectivity index (χ0v) is 11.7. The number of anilines is 1. The maximum atomic E-state index is 4.33. The first-order chi connectivity index (χ1) is 8.79. The highest BCUT2D eigenvalue weighted by Gasteiger charge is 2.20. The van der Waals surface area contributed by atoms with Gasteiger partial charge in [0.15, 0.2) is 0 Å². The Hall–Kier alpha value is -1.12. The number of rotatable bonds is 5. The van der Waals surface area contributed by atoms with Crippen molar-refractivity contribution < 1.29 is 0 Å². The third kappa shape index (κ3) is 3.69. The van der Waals surface area contributed by atoms with E-state index in [0.717, 1.165) is 30.3 Å². The van der Waals surface area contributed by atoms with Crippen molar-refractivity contribution in [1.82, 2.24) is 9.97 Å². The Morgan fingerprint density at radius 1 is 1.28 bits per heavy atom. The first-order valence-electron chi connectivity index (χ1n) is 7.37. The Kier molecular flexibility index (Phi) is 4.97. The molecular weight excluding hydrogens is 222 g/mol. The lowest BCUT2D eigenvalue weighted by molar-refractivity contribution is 0.328.